The quantitative estimate of drug-likeness (QED) is 0.480. The Kier molecular flexibility index (Phi) is 5.18. The van der Waals surface area contributed by atoms with Crippen LogP contribution in [0.4, 0.5) is 13.2 Å². The number of ether oxygens (including phenoxy) is 1. The zero-order chi connectivity index (χ0) is 22.3. The normalized spacial score (nSPS) is 11.8. The maximum atomic E-state index is 13.1. The standard InChI is InChI=1S/C21H16F3N3O3S/c1-3-30-20-25-17(21(22,23)24)10-18(29)27(20)12-5-7-16-14(9-12)19(26-31-16)13-8-11(2)4-6-15(13)28/h4-10,28H,3H2,1-2H3. The summed E-state index contributed by atoms with van der Waals surface area (Å²) < 4.78 is 50.8. The van der Waals surface area contributed by atoms with Crippen LogP contribution in [0.1, 0.15) is 18.2 Å². The van der Waals surface area contributed by atoms with E-state index in [1.807, 2.05) is 6.92 Å². The highest BCUT2D eigenvalue weighted by atomic mass is 32.1. The van der Waals surface area contributed by atoms with E-state index in [9.17, 15) is 23.1 Å². The van der Waals surface area contributed by atoms with Crippen LogP contribution in [-0.4, -0.2) is 25.6 Å². The lowest BCUT2D eigenvalue weighted by Crippen LogP contribution is -2.25. The summed E-state index contributed by atoms with van der Waals surface area (Å²) >= 11 is 1.21. The summed E-state index contributed by atoms with van der Waals surface area (Å²) in [7, 11) is 0. The highest BCUT2D eigenvalue weighted by Crippen LogP contribution is 2.37. The zero-order valence-corrected chi connectivity index (χ0v) is 17.2. The topological polar surface area (TPSA) is 77.2 Å². The Morgan fingerprint density at radius 2 is 1.94 bits per heavy atom. The van der Waals surface area contributed by atoms with Gasteiger partial charge in [0.25, 0.3) is 5.56 Å². The van der Waals surface area contributed by atoms with Gasteiger partial charge in [-0.2, -0.15) is 22.5 Å². The van der Waals surface area contributed by atoms with Gasteiger partial charge in [0, 0.05) is 17.0 Å². The van der Waals surface area contributed by atoms with E-state index in [-0.39, 0.29) is 18.0 Å². The Hall–Kier alpha value is -3.40. The average Bonchev–Trinajstić information content (AvgIpc) is 3.12. The molecule has 0 spiro atoms. The predicted molar refractivity (Wildman–Crippen MR) is 111 cm³/mol. The Labute approximate surface area is 178 Å². The molecule has 2 heterocycles. The first-order chi connectivity index (χ1) is 14.7. The summed E-state index contributed by atoms with van der Waals surface area (Å²) in [5, 5.41) is 10.9. The fourth-order valence-corrected chi connectivity index (χ4v) is 3.94. The van der Waals surface area contributed by atoms with E-state index < -0.39 is 23.4 Å². The van der Waals surface area contributed by atoms with Crippen molar-refractivity contribution in [1.82, 2.24) is 13.9 Å². The van der Waals surface area contributed by atoms with E-state index in [1.54, 1.807) is 43.3 Å². The van der Waals surface area contributed by atoms with Crippen molar-refractivity contribution in [2.75, 3.05) is 6.61 Å². The van der Waals surface area contributed by atoms with Crippen LogP contribution in [0.15, 0.2) is 47.3 Å². The highest BCUT2D eigenvalue weighted by molar-refractivity contribution is 7.13. The van der Waals surface area contributed by atoms with Gasteiger partial charge in [-0.3, -0.25) is 4.79 Å². The first-order valence-corrected chi connectivity index (χ1v) is 10.00. The fourth-order valence-electron chi connectivity index (χ4n) is 3.17. The molecule has 0 aliphatic heterocycles. The van der Waals surface area contributed by atoms with Gasteiger partial charge in [0.2, 0.25) is 0 Å². The van der Waals surface area contributed by atoms with Gasteiger partial charge in [0.15, 0.2) is 5.69 Å². The van der Waals surface area contributed by atoms with Crippen molar-refractivity contribution in [2.45, 2.75) is 20.0 Å². The summed E-state index contributed by atoms with van der Waals surface area (Å²) in [6.45, 7) is 3.49. The monoisotopic (exact) mass is 447 g/mol. The number of phenolic OH excluding ortho intramolecular Hbond substituents is 1. The van der Waals surface area contributed by atoms with Crippen LogP contribution in [0, 0.1) is 6.92 Å². The molecule has 31 heavy (non-hydrogen) atoms. The molecule has 4 aromatic rings. The molecule has 0 bridgehead atoms. The number of fused-ring (bicyclic) bond motifs is 1. The van der Waals surface area contributed by atoms with E-state index in [2.05, 4.69) is 9.36 Å². The number of benzene rings is 2. The number of rotatable bonds is 4. The zero-order valence-electron chi connectivity index (χ0n) is 16.4. The molecule has 0 aliphatic carbocycles. The number of alkyl halides is 3. The van der Waals surface area contributed by atoms with E-state index in [1.165, 1.54) is 11.5 Å². The molecule has 0 atom stereocenters. The number of aromatic nitrogens is 3. The Balaban J connectivity index is 1.94. The smallest absolute Gasteiger partial charge is 0.433 e. The Morgan fingerprint density at radius 3 is 2.65 bits per heavy atom. The second kappa shape index (κ2) is 7.69. The molecule has 0 amide bonds. The van der Waals surface area contributed by atoms with Crippen LogP contribution in [-0.2, 0) is 6.18 Å². The number of hydrogen-bond acceptors (Lipinski definition) is 6. The largest absolute Gasteiger partial charge is 0.507 e. The minimum atomic E-state index is -4.78. The second-order valence-electron chi connectivity index (χ2n) is 6.76. The fraction of sp³-hybridized carbons (Fsp3) is 0.190. The lowest BCUT2D eigenvalue weighted by molar-refractivity contribution is -0.141. The molecule has 0 saturated carbocycles. The number of nitrogens with zero attached hydrogens (tertiary/aromatic N) is 3. The molecule has 2 aromatic carbocycles. The van der Waals surface area contributed by atoms with Gasteiger partial charge >= 0.3 is 12.2 Å². The summed E-state index contributed by atoms with van der Waals surface area (Å²) in [6.07, 6.45) is -4.78. The molecule has 0 fully saturated rings. The van der Waals surface area contributed by atoms with Crippen molar-refractivity contribution >= 4 is 21.6 Å². The summed E-state index contributed by atoms with van der Waals surface area (Å²) in [5.74, 6) is 0.0478. The molecule has 2 aromatic heterocycles. The van der Waals surface area contributed by atoms with Crippen molar-refractivity contribution in [3.63, 3.8) is 0 Å². The molecule has 4 rings (SSSR count). The Morgan fingerprint density at radius 1 is 1.16 bits per heavy atom. The van der Waals surface area contributed by atoms with Crippen LogP contribution in [0.2, 0.25) is 0 Å². The lowest BCUT2D eigenvalue weighted by Gasteiger charge is -2.14. The summed E-state index contributed by atoms with van der Waals surface area (Å²) in [5.41, 5.74) is -0.0166. The molecule has 0 saturated heterocycles. The van der Waals surface area contributed by atoms with Crippen molar-refractivity contribution < 1.29 is 23.0 Å². The third-order valence-electron chi connectivity index (χ3n) is 4.57. The second-order valence-corrected chi connectivity index (χ2v) is 7.57. The maximum absolute atomic E-state index is 13.1. The minimum absolute atomic E-state index is 0.0262. The van der Waals surface area contributed by atoms with E-state index in [0.717, 1.165) is 14.8 Å². The molecular formula is C21H16F3N3O3S. The van der Waals surface area contributed by atoms with Crippen molar-refractivity contribution in [3.05, 3.63) is 64.1 Å². The molecule has 0 radical (unpaired) electrons. The molecule has 10 heteroatoms. The van der Waals surface area contributed by atoms with Gasteiger partial charge < -0.3 is 9.84 Å². The molecular weight excluding hydrogens is 431 g/mol. The highest BCUT2D eigenvalue weighted by Gasteiger charge is 2.34. The van der Waals surface area contributed by atoms with Crippen molar-refractivity contribution in [3.8, 4) is 28.7 Å². The van der Waals surface area contributed by atoms with E-state index in [0.29, 0.717) is 22.7 Å². The van der Waals surface area contributed by atoms with Crippen LogP contribution in [0.25, 0.3) is 27.0 Å². The lowest BCUT2D eigenvalue weighted by atomic mass is 10.0. The van der Waals surface area contributed by atoms with Crippen LogP contribution < -0.4 is 10.3 Å². The SMILES string of the molecule is CCOc1nc(C(F)(F)F)cc(=O)n1-c1ccc2snc(-c3cc(C)ccc3O)c2c1. The number of aromatic hydroxyl groups is 1. The van der Waals surface area contributed by atoms with Gasteiger partial charge in [-0.15, -0.1) is 0 Å². The van der Waals surface area contributed by atoms with Gasteiger partial charge in [-0.1, -0.05) is 11.6 Å². The molecule has 160 valence electrons. The van der Waals surface area contributed by atoms with Crippen LogP contribution >= 0.6 is 11.5 Å². The molecule has 0 unspecified atom stereocenters. The minimum Gasteiger partial charge on any atom is -0.507 e. The average molecular weight is 447 g/mol. The third kappa shape index (κ3) is 3.86. The van der Waals surface area contributed by atoms with E-state index in [4.69, 9.17) is 4.74 Å². The number of hydrogen-bond donors (Lipinski definition) is 1. The predicted octanol–water partition coefficient (Wildman–Crippen LogP) is 4.94. The molecule has 1 N–H and O–H groups in total. The van der Waals surface area contributed by atoms with Gasteiger partial charge in [-0.05, 0) is 55.7 Å². The summed E-state index contributed by atoms with van der Waals surface area (Å²) in [4.78, 5) is 16.1. The van der Waals surface area contributed by atoms with Gasteiger partial charge in [0.1, 0.15) is 5.75 Å². The van der Waals surface area contributed by atoms with Crippen LogP contribution in [0.3, 0.4) is 0 Å². The number of halogens is 3. The first-order valence-electron chi connectivity index (χ1n) is 9.23. The van der Waals surface area contributed by atoms with Crippen molar-refractivity contribution in [2.24, 2.45) is 0 Å². The van der Waals surface area contributed by atoms with E-state index >= 15 is 0 Å². The first kappa shape index (κ1) is 20.9. The molecule has 0 aliphatic rings. The molecule has 6 nitrogen and oxygen atoms in total. The maximum Gasteiger partial charge on any atom is 0.433 e. The van der Waals surface area contributed by atoms with Gasteiger partial charge in [-0.25, -0.2) is 4.57 Å². The van der Waals surface area contributed by atoms with Crippen molar-refractivity contribution in [1.29, 1.82) is 0 Å². The Bertz CT molecular complexity index is 1350. The number of phenols is 1. The van der Waals surface area contributed by atoms with Gasteiger partial charge in [0.05, 0.1) is 22.7 Å². The number of aryl methyl sites for hydroxylation is 1. The van der Waals surface area contributed by atoms with Crippen LogP contribution in [0.5, 0.6) is 11.8 Å². The summed E-state index contributed by atoms with van der Waals surface area (Å²) in [6, 6.07) is 10.0. The third-order valence-corrected chi connectivity index (χ3v) is 5.40.